The van der Waals surface area contributed by atoms with E-state index in [2.05, 4.69) is 10.2 Å². The predicted molar refractivity (Wildman–Crippen MR) is 93.3 cm³/mol. The Balaban J connectivity index is 1.66. The maximum atomic E-state index is 12.4. The van der Waals surface area contributed by atoms with Crippen LogP contribution in [0.1, 0.15) is 38.5 Å². The fourth-order valence-electron chi connectivity index (χ4n) is 4.06. The van der Waals surface area contributed by atoms with Crippen LogP contribution < -0.4 is 5.32 Å². The maximum absolute atomic E-state index is 12.4. The van der Waals surface area contributed by atoms with Gasteiger partial charge in [-0.3, -0.25) is 19.8 Å². The highest BCUT2D eigenvalue weighted by Gasteiger charge is 2.34. The number of carbonyl (C=O) groups excluding carboxylic acids is 1. The van der Waals surface area contributed by atoms with Gasteiger partial charge in [-0.15, -0.1) is 0 Å². The Labute approximate surface area is 146 Å². The first-order valence-corrected chi connectivity index (χ1v) is 8.90. The summed E-state index contributed by atoms with van der Waals surface area (Å²) in [6, 6.07) is 4.77. The van der Waals surface area contributed by atoms with Crippen LogP contribution in [0, 0.1) is 16.0 Å². The van der Waals surface area contributed by atoms with E-state index in [1.54, 1.807) is 6.07 Å². The van der Waals surface area contributed by atoms with Crippen molar-refractivity contribution in [1.82, 2.24) is 4.90 Å². The molecule has 1 aromatic carbocycles. The van der Waals surface area contributed by atoms with Crippen molar-refractivity contribution < 1.29 is 9.72 Å². The van der Waals surface area contributed by atoms with Gasteiger partial charge in [0.05, 0.1) is 11.5 Å². The zero-order chi connectivity index (χ0) is 17.1. The van der Waals surface area contributed by atoms with Crippen LogP contribution in [0.2, 0.25) is 5.02 Å². The molecule has 1 heterocycles. The first kappa shape index (κ1) is 17.2. The lowest BCUT2D eigenvalue weighted by molar-refractivity contribution is -0.383. The minimum atomic E-state index is -0.528. The molecule has 2 aliphatic rings. The van der Waals surface area contributed by atoms with Gasteiger partial charge in [-0.2, -0.15) is 0 Å². The second-order valence-corrected chi connectivity index (χ2v) is 7.13. The largest absolute Gasteiger partial charge is 0.319 e. The van der Waals surface area contributed by atoms with Gasteiger partial charge in [0.25, 0.3) is 5.69 Å². The molecule has 1 aliphatic heterocycles. The van der Waals surface area contributed by atoms with Crippen LogP contribution in [0.5, 0.6) is 0 Å². The summed E-state index contributed by atoms with van der Waals surface area (Å²) in [5.74, 6) is 0.497. The molecule has 1 aromatic rings. The quantitative estimate of drug-likeness (QED) is 0.660. The topological polar surface area (TPSA) is 75.5 Å². The van der Waals surface area contributed by atoms with Crippen molar-refractivity contribution in [2.75, 3.05) is 18.4 Å². The van der Waals surface area contributed by atoms with E-state index in [1.165, 1.54) is 37.8 Å². The molecule has 6 nitrogen and oxygen atoms in total. The summed E-state index contributed by atoms with van der Waals surface area (Å²) in [6.07, 6.45) is 7.30. The average Bonchev–Trinajstić information content (AvgIpc) is 2.56. The van der Waals surface area contributed by atoms with Crippen molar-refractivity contribution in [1.29, 1.82) is 0 Å². The Hall–Kier alpha value is -1.66. The molecular weight excluding hydrogens is 330 g/mol. The number of nitrogens with zero attached hydrogens (tertiary/aromatic N) is 2. The van der Waals surface area contributed by atoms with Crippen molar-refractivity contribution in [3.8, 4) is 0 Å². The monoisotopic (exact) mass is 351 g/mol. The normalized spacial score (nSPS) is 24.2. The van der Waals surface area contributed by atoms with Crippen LogP contribution in [-0.2, 0) is 4.79 Å². The molecule has 1 aliphatic carbocycles. The molecule has 2 fully saturated rings. The molecule has 1 N–H and O–H groups in total. The van der Waals surface area contributed by atoms with Gasteiger partial charge in [0, 0.05) is 17.1 Å². The summed E-state index contributed by atoms with van der Waals surface area (Å²) in [5.41, 5.74) is 0.0247. The van der Waals surface area contributed by atoms with Gasteiger partial charge in [-0.25, -0.2) is 0 Å². The summed E-state index contributed by atoms with van der Waals surface area (Å²) in [4.78, 5) is 25.3. The lowest BCUT2D eigenvalue weighted by atomic mass is 9.78. The number of fused-ring (bicyclic) bond motifs is 1. The average molecular weight is 352 g/mol. The number of hydrogen-bond donors (Lipinski definition) is 1. The van der Waals surface area contributed by atoms with E-state index < -0.39 is 4.92 Å². The van der Waals surface area contributed by atoms with Gasteiger partial charge >= 0.3 is 0 Å². The first-order valence-electron chi connectivity index (χ1n) is 8.52. The number of nitrogens with one attached hydrogen (secondary N) is 1. The van der Waals surface area contributed by atoms with Crippen LogP contribution in [0.3, 0.4) is 0 Å². The molecule has 0 bridgehead atoms. The third-order valence-electron chi connectivity index (χ3n) is 5.14. The molecule has 7 heteroatoms. The highest BCUT2D eigenvalue weighted by atomic mass is 35.5. The standard InChI is InChI=1S/C17H22ClN3O3/c18-13-7-8-14(16(10-13)21(23)24)19-17(22)11-20-9-3-5-12-4-1-2-6-15(12)20/h7-8,10,12,15H,1-6,9,11H2,(H,19,22)/t12-,15-/m0/s1. The lowest BCUT2D eigenvalue weighted by Gasteiger charge is -2.43. The number of anilines is 1. The number of nitro benzene ring substituents is 1. The second kappa shape index (κ2) is 7.49. The smallest absolute Gasteiger partial charge is 0.294 e. The van der Waals surface area contributed by atoms with Crippen molar-refractivity contribution in [2.24, 2.45) is 5.92 Å². The zero-order valence-electron chi connectivity index (χ0n) is 13.5. The summed E-state index contributed by atoms with van der Waals surface area (Å²) < 4.78 is 0. The van der Waals surface area contributed by atoms with Crippen molar-refractivity contribution in [3.05, 3.63) is 33.3 Å². The summed E-state index contributed by atoms with van der Waals surface area (Å²) in [6.45, 7) is 1.22. The number of rotatable bonds is 4. The lowest BCUT2D eigenvalue weighted by Crippen LogP contribution is -2.49. The van der Waals surface area contributed by atoms with Crippen LogP contribution in [-0.4, -0.2) is 34.9 Å². The minimum absolute atomic E-state index is 0.176. The van der Waals surface area contributed by atoms with Crippen molar-refractivity contribution in [3.63, 3.8) is 0 Å². The molecule has 130 valence electrons. The van der Waals surface area contributed by atoms with Crippen molar-refractivity contribution >= 4 is 28.9 Å². The number of halogens is 1. The maximum Gasteiger partial charge on any atom is 0.294 e. The Morgan fingerprint density at radius 3 is 2.83 bits per heavy atom. The Bertz CT molecular complexity index is 636. The molecule has 0 radical (unpaired) electrons. The van der Waals surface area contributed by atoms with Crippen LogP contribution >= 0.6 is 11.6 Å². The number of carbonyl (C=O) groups is 1. The predicted octanol–water partition coefficient (Wildman–Crippen LogP) is 3.84. The van der Waals surface area contributed by atoms with Gasteiger partial charge in [0.15, 0.2) is 0 Å². The molecule has 1 amide bonds. The van der Waals surface area contributed by atoms with E-state index in [0.717, 1.165) is 19.4 Å². The Morgan fingerprint density at radius 1 is 1.29 bits per heavy atom. The number of nitro groups is 1. The van der Waals surface area contributed by atoms with E-state index in [0.29, 0.717) is 18.5 Å². The summed E-state index contributed by atoms with van der Waals surface area (Å²) in [7, 11) is 0. The number of amides is 1. The van der Waals surface area contributed by atoms with Gasteiger partial charge in [-0.05, 0) is 50.3 Å². The fourth-order valence-corrected chi connectivity index (χ4v) is 4.23. The van der Waals surface area contributed by atoms with Crippen LogP contribution in [0.15, 0.2) is 18.2 Å². The van der Waals surface area contributed by atoms with E-state index in [9.17, 15) is 14.9 Å². The minimum Gasteiger partial charge on any atom is -0.319 e. The first-order chi connectivity index (χ1) is 11.5. The molecule has 1 saturated carbocycles. The molecule has 0 unspecified atom stereocenters. The molecule has 2 atom stereocenters. The SMILES string of the molecule is O=C(CN1CCC[C@@H]2CCCC[C@@H]21)Nc1ccc(Cl)cc1[N+](=O)[O-]. The zero-order valence-corrected chi connectivity index (χ0v) is 14.3. The molecule has 0 aromatic heterocycles. The van der Waals surface area contributed by atoms with E-state index in [-0.39, 0.29) is 22.3 Å². The summed E-state index contributed by atoms with van der Waals surface area (Å²) in [5, 5.41) is 14.1. The van der Waals surface area contributed by atoms with Crippen molar-refractivity contribution in [2.45, 2.75) is 44.6 Å². The third-order valence-corrected chi connectivity index (χ3v) is 5.37. The van der Waals surface area contributed by atoms with E-state index in [1.807, 2.05) is 0 Å². The van der Waals surface area contributed by atoms with E-state index >= 15 is 0 Å². The summed E-state index contributed by atoms with van der Waals surface area (Å²) >= 11 is 5.80. The highest BCUT2D eigenvalue weighted by molar-refractivity contribution is 6.31. The van der Waals surface area contributed by atoms with Gasteiger partial charge in [-0.1, -0.05) is 24.4 Å². The van der Waals surface area contributed by atoms with Gasteiger partial charge in [0.2, 0.25) is 5.91 Å². The van der Waals surface area contributed by atoms with E-state index in [4.69, 9.17) is 11.6 Å². The number of piperidine rings is 1. The molecule has 3 rings (SSSR count). The molecule has 1 saturated heterocycles. The third kappa shape index (κ3) is 3.87. The second-order valence-electron chi connectivity index (χ2n) is 6.69. The molecular formula is C17H22ClN3O3. The Kier molecular flexibility index (Phi) is 5.36. The Morgan fingerprint density at radius 2 is 2.04 bits per heavy atom. The number of benzene rings is 1. The fraction of sp³-hybridized carbons (Fsp3) is 0.588. The van der Waals surface area contributed by atoms with Gasteiger partial charge in [0.1, 0.15) is 5.69 Å². The number of hydrogen-bond acceptors (Lipinski definition) is 4. The van der Waals surface area contributed by atoms with Crippen LogP contribution in [0.4, 0.5) is 11.4 Å². The molecule has 24 heavy (non-hydrogen) atoms. The van der Waals surface area contributed by atoms with Crippen LogP contribution in [0.25, 0.3) is 0 Å². The van der Waals surface area contributed by atoms with Gasteiger partial charge < -0.3 is 5.32 Å². The molecule has 0 spiro atoms. The highest BCUT2D eigenvalue weighted by Crippen LogP contribution is 2.35. The number of likely N-dealkylation sites (tertiary alicyclic amines) is 1.